The van der Waals surface area contributed by atoms with E-state index in [9.17, 15) is 4.79 Å². The van der Waals surface area contributed by atoms with Gasteiger partial charge in [0.25, 0.3) is 0 Å². The first-order valence-electron chi connectivity index (χ1n) is 4.76. The molecule has 0 aromatic rings. The normalized spacial score (nSPS) is 27.5. The molecule has 0 aliphatic carbocycles. The number of halogens is 1. The molecule has 1 aliphatic heterocycles. The van der Waals surface area contributed by atoms with Gasteiger partial charge in [0.15, 0.2) is 6.07 Å². The van der Waals surface area contributed by atoms with E-state index in [2.05, 4.69) is 6.92 Å². The maximum Gasteiger partial charge on any atom is 0.410 e. The van der Waals surface area contributed by atoms with Crippen molar-refractivity contribution in [2.24, 2.45) is 11.8 Å². The van der Waals surface area contributed by atoms with Crippen LogP contribution in [0.15, 0.2) is 0 Å². The highest BCUT2D eigenvalue weighted by atomic mass is 35.5. The number of carbonyl (C=O) groups excluding carboxylic acids is 1. The quantitative estimate of drug-likeness (QED) is 0.715. The van der Waals surface area contributed by atoms with Crippen LogP contribution >= 0.6 is 11.6 Å². The van der Waals surface area contributed by atoms with Gasteiger partial charge in [-0.2, -0.15) is 0 Å². The fraction of sp³-hybridized carbons (Fsp3) is 0.889. The summed E-state index contributed by atoms with van der Waals surface area (Å²) in [6.45, 7) is 3.43. The molecule has 0 bridgehead atoms. The fourth-order valence-electron chi connectivity index (χ4n) is 1.90. The van der Waals surface area contributed by atoms with Crippen LogP contribution in [0.2, 0.25) is 0 Å². The Morgan fingerprint density at radius 2 is 2.36 bits per heavy atom. The molecule has 1 heterocycles. The molecule has 82 valence electrons. The largest absolute Gasteiger partial charge is 0.433 e. The molecule has 1 aliphatic rings. The predicted molar refractivity (Wildman–Crippen MR) is 53.1 cm³/mol. The molecule has 4 nitrogen and oxygen atoms in total. The number of carbonyl (C=O) groups is 1. The summed E-state index contributed by atoms with van der Waals surface area (Å²) in [4.78, 5) is 13.0. The van der Waals surface area contributed by atoms with Crippen LogP contribution in [-0.4, -0.2) is 41.9 Å². The second-order valence-electron chi connectivity index (χ2n) is 3.81. The molecule has 2 atom stereocenters. The lowest BCUT2D eigenvalue weighted by atomic mass is 9.91. The van der Waals surface area contributed by atoms with Gasteiger partial charge in [-0.1, -0.05) is 18.5 Å². The van der Waals surface area contributed by atoms with Gasteiger partial charge in [0.05, 0.1) is 0 Å². The van der Waals surface area contributed by atoms with Crippen LogP contribution in [-0.2, 0) is 4.74 Å². The Morgan fingerprint density at radius 3 is 2.93 bits per heavy atom. The summed E-state index contributed by atoms with van der Waals surface area (Å²) in [6, 6.07) is -0.118. The molecule has 0 saturated carbocycles. The van der Waals surface area contributed by atoms with Crippen molar-refractivity contribution < 1.29 is 14.6 Å². The minimum absolute atomic E-state index is 0.118. The molecule has 0 aromatic heterocycles. The van der Waals surface area contributed by atoms with E-state index < -0.39 is 0 Å². The molecule has 0 spiro atoms. The SMILES string of the molecule is CC1CC(CO)CN(C(=O)OCCl)C1. The number of alkyl halides is 1. The third-order valence-corrected chi connectivity index (χ3v) is 2.55. The smallest absolute Gasteiger partial charge is 0.410 e. The van der Waals surface area contributed by atoms with Gasteiger partial charge in [-0.3, -0.25) is 0 Å². The number of aliphatic hydroxyl groups excluding tert-OH is 1. The van der Waals surface area contributed by atoms with Gasteiger partial charge < -0.3 is 14.7 Å². The number of piperidine rings is 1. The molecule has 0 radical (unpaired) electrons. The van der Waals surface area contributed by atoms with Crippen LogP contribution in [0, 0.1) is 11.8 Å². The Labute approximate surface area is 88.8 Å². The topological polar surface area (TPSA) is 49.8 Å². The Morgan fingerprint density at radius 1 is 1.64 bits per heavy atom. The summed E-state index contributed by atoms with van der Waals surface area (Å²) in [7, 11) is 0. The molecule has 2 unspecified atom stereocenters. The van der Waals surface area contributed by atoms with Gasteiger partial charge in [0, 0.05) is 25.6 Å². The van der Waals surface area contributed by atoms with Crippen LogP contribution < -0.4 is 0 Å². The molecule has 1 rings (SSSR count). The van der Waals surface area contributed by atoms with Gasteiger partial charge in [0.1, 0.15) is 0 Å². The number of hydrogen-bond donors (Lipinski definition) is 1. The van der Waals surface area contributed by atoms with E-state index in [4.69, 9.17) is 21.4 Å². The van der Waals surface area contributed by atoms with Crippen molar-refractivity contribution in [1.82, 2.24) is 4.90 Å². The van der Waals surface area contributed by atoms with Gasteiger partial charge in [-0.15, -0.1) is 0 Å². The molecule has 0 aromatic carbocycles. The first-order valence-corrected chi connectivity index (χ1v) is 5.29. The first kappa shape index (κ1) is 11.6. The minimum atomic E-state index is -0.384. The Balaban J connectivity index is 2.48. The van der Waals surface area contributed by atoms with Crippen molar-refractivity contribution in [2.75, 3.05) is 25.8 Å². The number of hydrogen-bond acceptors (Lipinski definition) is 3. The van der Waals surface area contributed by atoms with Crippen molar-refractivity contribution in [2.45, 2.75) is 13.3 Å². The number of aliphatic hydroxyl groups is 1. The number of nitrogens with zero attached hydrogens (tertiary/aromatic N) is 1. The van der Waals surface area contributed by atoms with Crippen LogP contribution in [0.5, 0.6) is 0 Å². The summed E-state index contributed by atoms with van der Waals surface area (Å²) in [5, 5.41) is 9.03. The summed E-state index contributed by atoms with van der Waals surface area (Å²) in [6.07, 6.45) is 0.575. The van der Waals surface area contributed by atoms with Gasteiger partial charge in [0.2, 0.25) is 0 Å². The van der Waals surface area contributed by atoms with Gasteiger partial charge in [-0.05, 0) is 12.3 Å². The number of amides is 1. The number of rotatable bonds is 2. The Bertz CT molecular complexity index is 200. The van der Waals surface area contributed by atoms with E-state index in [1.54, 1.807) is 4.90 Å². The zero-order chi connectivity index (χ0) is 10.6. The Hall–Kier alpha value is -0.480. The predicted octanol–water partition coefficient (Wildman–Crippen LogP) is 1.27. The van der Waals surface area contributed by atoms with E-state index in [0.29, 0.717) is 19.0 Å². The summed E-state index contributed by atoms with van der Waals surface area (Å²) in [5.74, 6) is 0.574. The van der Waals surface area contributed by atoms with Crippen LogP contribution in [0.4, 0.5) is 4.79 Å². The lowest BCUT2D eigenvalue weighted by Crippen LogP contribution is -2.44. The van der Waals surface area contributed by atoms with Crippen LogP contribution in [0.25, 0.3) is 0 Å². The average Bonchev–Trinajstić information content (AvgIpc) is 2.17. The van der Waals surface area contributed by atoms with E-state index >= 15 is 0 Å². The summed E-state index contributed by atoms with van der Waals surface area (Å²) in [5.41, 5.74) is 0. The summed E-state index contributed by atoms with van der Waals surface area (Å²) >= 11 is 5.30. The average molecular weight is 222 g/mol. The number of ether oxygens (including phenoxy) is 1. The lowest BCUT2D eigenvalue weighted by Gasteiger charge is -2.34. The van der Waals surface area contributed by atoms with Crippen molar-refractivity contribution in [1.29, 1.82) is 0 Å². The standard InChI is InChI=1S/C9H16ClNO3/c1-7-2-8(5-12)4-11(3-7)9(13)14-6-10/h7-8,12H,2-6H2,1H3. The Kier molecular flexibility index (Phi) is 4.48. The zero-order valence-electron chi connectivity index (χ0n) is 8.28. The highest BCUT2D eigenvalue weighted by Gasteiger charge is 2.27. The van der Waals surface area contributed by atoms with Crippen LogP contribution in [0.1, 0.15) is 13.3 Å². The first-order chi connectivity index (χ1) is 6.67. The molecular weight excluding hydrogens is 206 g/mol. The third kappa shape index (κ3) is 3.03. The second-order valence-corrected chi connectivity index (χ2v) is 4.03. The van der Waals surface area contributed by atoms with Crippen molar-refractivity contribution in [3.8, 4) is 0 Å². The van der Waals surface area contributed by atoms with Crippen molar-refractivity contribution >= 4 is 17.7 Å². The van der Waals surface area contributed by atoms with E-state index in [-0.39, 0.29) is 24.7 Å². The van der Waals surface area contributed by atoms with Crippen molar-refractivity contribution in [3.63, 3.8) is 0 Å². The molecule has 14 heavy (non-hydrogen) atoms. The highest BCUT2D eigenvalue weighted by Crippen LogP contribution is 2.21. The molecule has 1 saturated heterocycles. The fourth-order valence-corrected chi connectivity index (χ4v) is 1.99. The van der Waals surface area contributed by atoms with Gasteiger partial charge in [-0.25, -0.2) is 4.79 Å². The second kappa shape index (κ2) is 5.41. The molecular formula is C9H16ClNO3. The monoisotopic (exact) mass is 221 g/mol. The maximum atomic E-state index is 11.3. The lowest BCUT2D eigenvalue weighted by molar-refractivity contribution is 0.0664. The number of likely N-dealkylation sites (tertiary alicyclic amines) is 1. The third-order valence-electron chi connectivity index (χ3n) is 2.44. The molecule has 5 heteroatoms. The van der Waals surface area contributed by atoms with E-state index in [1.165, 1.54) is 0 Å². The highest BCUT2D eigenvalue weighted by molar-refractivity contribution is 6.17. The van der Waals surface area contributed by atoms with Gasteiger partial charge >= 0.3 is 6.09 Å². The summed E-state index contributed by atoms with van der Waals surface area (Å²) < 4.78 is 4.69. The maximum absolute atomic E-state index is 11.3. The van der Waals surface area contributed by atoms with Crippen LogP contribution in [0.3, 0.4) is 0 Å². The van der Waals surface area contributed by atoms with E-state index in [0.717, 1.165) is 6.42 Å². The van der Waals surface area contributed by atoms with Crippen molar-refractivity contribution in [3.05, 3.63) is 0 Å². The minimum Gasteiger partial charge on any atom is -0.433 e. The molecule has 1 amide bonds. The van der Waals surface area contributed by atoms with E-state index in [1.807, 2.05) is 0 Å². The molecule has 1 fully saturated rings. The molecule has 1 N–H and O–H groups in total. The zero-order valence-corrected chi connectivity index (χ0v) is 9.04.